The van der Waals surface area contributed by atoms with Crippen LogP contribution in [0.4, 0.5) is 0 Å². The highest BCUT2D eigenvalue weighted by atomic mass is 32.2. The molecule has 0 aromatic heterocycles. The number of carbonyl (C=O) groups is 1. The molecule has 0 saturated carbocycles. The van der Waals surface area contributed by atoms with E-state index >= 15 is 0 Å². The van der Waals surface area contributed by atoms with E-state index in [1.807, 2.05) is 0 Å². The van der Waals surface area contributed by atoms with Crippen molar-refractivity contribution in [1.29, 1.82) is 0 Å². The first-order chi connectivity index (χ1) is 12.5. The van der Waals surface area contributed by atoms with Crippen LogP contribution >= 0.6 is 0 Å². The Labute approximate surface area is 155 Å². The number of benzene rings is 1. The summed E-state index contributed by atoms with van der Waals surface area (Å²) in [6.45, 7) is 1.51. The normalized spacial score (nSPS) is 20.6. The Morgan fingerprint density at radius 3 is 2.85 bits per heavy atom. The minimum atomic E-state index is -3.64. The minimum absolute atomic E-state index is 0.0521. The second-order valence-electron chi connectivity index (χ2n) is 6.81. The lowest BCUT2D eigenvalue weighted by Gasteiger charge is -2.14. The quantitative estimate of drug-likeness (QED) is 0.714. The van der Waals surface area contributed by atoms with Gasteiger partial charge in [0.25, 0.3) is 5.91 Å². The third-order valence-corrected chi connectivity index (χ3v) is 6.19. The van der Waals surface area contributed by atoms with Crippen LogP contribution in [-0.2, 0) is 14.8 Å². The number of ether oxygens (including phenoxy) is 1. The van der Waals surface area contributed by atoms with E-state index in [1.165, 1.54) is 18.6 Å². The molecule has 2 aliphatic rings. The van der Waals surface area contributed by atoms with Crippen molar-refractivity contribution in [3.8, 4) is 0 Å². The van der Waals surface area contributed by atoms with Crippen LogP contribution in [0.1, 0.15) is 48.9 Å². The van der Waals surface area contributed by atoms with Crippen molar-refractivity contribution in [1.82, 2.24) is 10.0 Å². The van der Waals surface area contributed by atoms with Crippen molar-refractivity contribution in [3.63, 3.8) is 0 Å². The van der Waals surface area contributed by atoms with Crippen LogP contribution in [0.15, 0.2) is 40.8 Å². The molecule has 1 aliphatic carbocycles. The zero-order valence-electron chi connectivity index (χ0n) is 14.9. The third-order valence-electron chi connectivity index (χ3n) is 4.80. The first-order valence-corrected chi connectivity index (χ1v) is 10.7. The lowest BCUT2D eigenvalue weighted by atomic mass is 10.0. The predicted octanol–water partition coefficient (Wildman–Crippen LogP) is 2.37. The lowest BCUT2D eigenvalue weighted by Crippen LogP contribution is -2.32. The number of carbonyl (C=O) groups excluding carboxylic acids is 1. The van der Waals surface area contributed by atoms with Gasteiger partial charge < -0.3 is 10.1 Å². The average molecular weight is 378 g/mol. The molecule has 1 saturated heterocycles. The second kappa shape index (κ2) is 8.79. The van der Waals surface area contributed by atoms with Crippen LogP contribution in [0, 0.1) is 0 Å². The molecule has 7 heteroatoms. The Balaban J connectivity index is 1.61. The number of hydrogen-bond donors (Lipinski definition) is 2. The van der Waals surface area contributed by atoms with Crippen molar-refractivity contribution in [3.05, 3.63) is 41.5 Å². The molecule has 1 atom stereocenters. The maximum Gasteiger partial charge on any atom is 0.251 e. The van der Waals surface area contributed by atoms with Gasteiger partial charge in [0.05, 0.1) is 11.0 Å². The standard InChI is InChI=1S/C19H26N2O4S/c22-19(20-14-17-9-5-11-25-17)16-8-4-10-18(12-16)26(23,24)21-13-15-6-2-1-3-7-15/h4,6,8,10,12,17,21H,1-3,5,7,9,11,13-14H2,(H,20,22). The van der Waals surface area contributed by atoms with E-state index in [0.29, 0.717) is 18.7 Å². The number of hydrogen-bond acceptors (Lipinski definition) is 4. The number of nitrogens with one attached hydrogen (secondary N) is 2. The molecule has 1 aliphatic heterocycles. The van der Waals surface area contributed by atoms with E-state index in [2.05, 4.69) is 16.1 Å². The van der Waals surface area contributed by atoms with E-state index < -0.39 is 10.0 Å². The molecule has 1 heterocycles. The average Bonchev–Trinajstić information content (AvgIpc) is 3.19. The molecule has 142 valence electrons. The highest BCUT2D eigenvalue weighted by Gasteiger charge is 2.19. The highest BCUT2D eigenvalue weighted by molar-refractivity contribution is 7.89. The molecule has 6 nitrogen and oxygen atoms in total. The Hall–Kier alpha value is -1.70. The number of sulfonamides is 1. The molecule has 0 spiro atoms. The van der Waals surface area contributed by atoms with Crippen LogP contribution in [-0.4, -0.2) is 40.1 Å². The van der Waals surface area contributed by atoms with Gasteiger partial charge in [-0.25, -0.2) is 13.1 Å². The number of amides is 1. The van der Waals surface area contributed by atoms with Gasteiger partial charge in [-0.05, 0) is 56.7 Å². The summed E-state index contributed by atoms with van der Waals surface area (Å²) in [6, 6.07) is 6.14. The summed E-state index contributed by atoms with van der Waals surface area (Å²) in [5.74, 6) is -0.285. The van der Waals surface area contributed by atoms with E-state index in [9.17, 15) is 13.2 Å². The van der Waals surface area contributed by atoms with E-state index in [1.54, 1.807) is 12.1 Å². The van der Waals surface area contributed by atoms with Gasteiger partial charge in [0, 0.05) is 25.3 Å². The van der Waals surface area contributed by atoms with Crippen LogP contribution in [0.25, 0.3) is 0 Å². The van der Waals surface area contributed by atoms with Crippen molar-refractivity contribution in [2.75, 3.05) is 19.7 Å². The maximum atomic E-state index is 12.5. The molecular weight excluding hydrogens is 352 g/mol. The smallest absolute Gasteiger partial charge is 0.251 e. The van der Waals surface area contributed by atoms with Gasteiger partial charge >= 0.3 is 0 Å². The summed E-state index contributed by atoms with van der Waals surface area (Å²) in [6.07, 6.45) is 8.33. The monoisotopic (exact) mass is 378 g/mol. The van der Waals surface area contributed by atoms with Crippen LogP contribution in [0.3, 0.4) is 0 Å². The van der Waals surface area contributed by atoms with E-state index in [0.717, 1.165) is 44.3 Å². The van der Waals surface area contributed by atoms with Gasteiger partial charge in [0.1, 0.15) is 0 Å². The molecule has 1 unspecified atom stereocenters. The molecule has 1 aromatic carbocycles. The van der Waals surface area contributed by atoms with Gasteiger partial charge in [-0.15, -0.1) is 0 Å². The Morgan fingerprint density at radius 1 is 1.23 bits per heavy atom. The summed E-state index contributed by atoms with van der Waals surface area (Å²) in [7, 11) is -3.64. The number of allylic oxidation sites excluding steroid dienone is 1. The Morgan fingerprint density at radius 2 is 2.12 bits per heavy atom. The highest BCUT2D eigenvalue weighted by Crippen LogP contribution is 2.18. The molecule has 26 heavy (non-hydrogen) atoms. The zero-order valence-corrected chi connectivity index (χ0v) is 15.7. The van der Waals surface area contributed by atoms with Gasteiger partial charge in [-0.2, -0.15) is 0 Å². The molecular formula is C19H26N2O4S. The fourth-order valence-electron chi connectivity index (χ4n) is 3.25. The zero-order chi connectivity index (χ0) is 18.4. The molecule has 3 rings (SSSR count). The second-order valence-corrected chi connectivity index (χ2v) is 8.57. The van der Waals surface area contributed by atoms with Crippen molar-refractivity contribution < 1.29 is 17.9 Å². The molecule has 1 fully saturated rings. The molecule has 1 aromatic rings. The molecule has 0 bridgehead atoms. The Bertz CT molecular complexity index is 767. The molecule has 0 radical (unpaired) electrons. The fourth-order valence-corrected chi connectivity index (χ4v) is 4.34. The first kappa shape index (κ1) is 19.1. The lowest BCUT2D eigenvalue weighted by molar-refractivity contribution is 0.0857. The summed E-state index contributed by atoms with van der Waals surface area (Å²) < 4.78 is 33.2. The molecule has 2 N–H and O–H groups in total. The van der Waals surface area contributed by atoms with Crippen molar-refractivity contribution >= 4 is 15.9 Å². The largest absolute Gasteiger partial charge is 0.376 e. The van der Waals surface area contributed by atoms with Gasteiger partial charge in [-0.3, -0.25) is 4.79 Å². The topological polar surface area (TPSA) is 84.5 Å². The SMILES string of the molecule is O=C(NCC1CCCO1)c1cccc(S(=O)(=O)NCC2=CCCCC2)c1. The fraction of sp³-hybridized carbons (Fsp3) is 0.526. The first-order valence-electron chi connectivity index (χ1n) is 9.22. The Kier molecular flexibility index (Phi) is 6.45. The molecule has 1 amide bonds. The van der Waals surface area contributed by atoms with Crippen molar-refractivity contribution in [2.45, 2.75) is 49.5 Å². The predicted molar refractivity (Wildman–Crippen MR) is 99.5 cm³/mol. The summed E-state index contributed by atoms with van der Waals surface area (Å²) >= 11 is 0. The van der Waals surface area contributed by atoms with Crippen LogP contribution in [0.5, 0.6) is 0 Å². The van der Waals surface area contributed by atoms with Gasteiger partial charge in [0.2, 0.25) is 10.0 Å². The van der Waals surface area contributed by atoms with Crippen LogP contribution in [0.2, 0.25) is 0 Å². The summed E-state index contributed by atoms with van der Waals surface area (Å²) in [5, 5.41) is 2.81. The number of rotatable bonds is 7. The minimum Gasteiger partial charge on any atom is -0.376 e. The maximum absolute atomic E-state index is 12.5. The van der Waals surface area contributed by atoms with Gasteiger partial charge in [0.15, 0.2) is 0 Å². The van der Waals surface area contributed by atoms with E-state index in [-0.39, 0.29) is 16.9 Å². The van der Waals surface area contributed by atoms with Gasteiger partial charge in [-0.1, -0.05) is 17.7 Å². The van der Waals surface area contributed by atoms with Crippen LogP contribution < -0.4 is 10.0 Å². The van der Waals surface area contributed by atoms with Crippen molar-refractivity contribution in [2.24, 2.45) is 0 Å². The summed E-state index contributed by atoms with van der Waals surface area (Å²) in [4.78, 5) is 12.4. The van der Waals surface area contributed by atoms with E-state index in [4.69, 9.17) is 4.74 Å². The summed E-state index contributed by atoms with van der Waals surface area (Å²) in [5.41, 5.74) is 1.47. The third kappa shape index (κ3) is 5.16.